The van der Waals surface area contributed by atoms with Crippen LogP contribution < -0.4 is 16.0 Å². The molecule has 0 N–H and O–H groups in total. The second-order valence-corrected chi connectivity index (χ2v) is 8.68. The SMILES string of the molecule is Cn1c(OC(c2ccccc2)c2ccccc2)nc2c1c(=O)n(Cc1ccccc1Cl)c(=O)n2C. The fourth-order valence-electron chi connectivity index (χ4n) is 4.15. The molecule has 0 amide bonds. The Bertz CT molecular complexity index is 1580. The molecule has 0 aliphatic rings. The van der Waals surface area contributed by atoms with E-state index in [4.69, 9.17) is 16.3 Å². The minimum Gasteiger partial charge on any atom is -0.451 e. The van der Waals surface area contributed by atoms with Crippen LogP contribution in [0.2, 0.25) is 5.02 Å². The zero-order valence-electron chi connectivity index (χ0n) is 19.3. The van der Waals surface area contributed by atoms with Crippen molar-refractivity contribution in [3.05, 3.63) is 127 Å². The second-order valence-electron chi connectivity index (χ2n) is 8.27. The van der Waals surface area contributed by atoms with Gasteiger partial charge in [-0.25, -0.2) is 4.79 Å². The number of benzene rings is 3. The van der Waals surface area contributed by atoms with Crippen molar-refractivity contribution in [1.29, 1.82) is 0 Å². The van der Waals surface area contributed by atoms with Crippen molar-refractivity contribution in [3.8, 4) is 6.01 Å². The molecular weight excluding hydrogens is 464 g/mol. The van der Waals surface area contributed by atoms with Gasteiger partial charge >= 0.3 is 5.69 Å². The maximum Gasteiger partial charge on any atom is 0.332 e. The lowest BCUT2D eigenvalue weighted by Gasteiger charge is -2.19. The molecule has 5 rings (SSSR count). The molecule has 0 unspecified atom stereocenters. The lowest BCUT2D eigenvalue weighted by Crippen LogP contribution is -2.39. The number of imidazole rings is 1. The van der Waals surface area contributed by atoms with E-state index in [0.29, 0.717) is 10.6 Å². The molecule has 0 saturated heterocycles. The topological polar surface area (TPSA) is 71.1 Å². The fraction of sp³-hybridized carbons (Fsp3) is 0.148. The Hall–Kier alpha value is -4.10. The third-order valence-electron chi connectivity index (χ3n) is 6.03. The first-order chi connectivity index (χ1) is 17.0. The Morgan fingerprint density at radius 2 is 1.40 bits per heavy atom. The molecule has 35 heavy (non-hydrogen) atoms. The van der Waals surface area contributed by atoms with Crippen LogP contribution >= 0.6 is 11.6 Å². The number of nitrogens with zero attached hydrogens (tertiary/aromatic N) is 4. The van der Waals surface area contributed by atoms with Crippen LogP contribution in [0.5, 0.6) is 6.01 Å². The number of rotatable bonds is 6. The highest BCUT2D eigenvalue weighted by molar-refractivity contribution is 6.31. The van der Waals surface area contributed by atoms with Gasteiger partial charge in [0.05, 0.1) is 6.54 Å². The summed E-state index contributed by atoms with van der Waals surface area (Å²) in [7, 11) is 3.30. The number of halogens is 1. The van der Waals surface area contributed by atoms with E-state index >= 15 is 0 Å². The minimum absolute atomic E-state index is 0.0547. The highest BCUT2D eigenvalue weighted by Gasteiger charge is 2.23. The standard InChI is InChI=1S/C27H23ClN4O3/c1-30-22-24(31(2)27(34)32(25(22)33)17-20-15-9-10-16-21(20)28)29-26(30)35-23(18-11-5-3-6-12-18)19-13-7-4-8-14-19/h3-16,23H,17H2,1-2H3. The predicted octanol–water partition coefficient (Wildman–Crippen LogP) is 4.30. The van der Waals surface area contributed by atoms with Gasteiger partial charge in [0.25, 0.3) is 11.6 Å². The number of hydrogen-bond donors (Lipinski definition) is 0. The molecule has 0 bridgehead atoms. The van der Waals surface area contributed by atoms with Crippen molar-refractivity contribution in [2.75, 3.05) is 0 Å². The molecule has 0 spiro atoms. The summed E-state index contributed by atoms with van der Waals surface area (Å²) in [5.41, 5.74) is 2.16. The van der Waals surface area contributed by atoms with Crippen LogP contribution in [0.3, 0.4) is 0 Å². The van der Waals surface area contributed by atoms with Crippen molar-refractivity contribution in [1.82, 2.24) is 18.7 Å². The minimum atomic E-state index is -0.477. The quantitative estimate of drug-likeness (QED) is 0.359. The third kappa shape index (κ3) is 4.15. The van der Waals surface area contributed by atoms with Crippen molar-refractivity contribution in [2.24, 2.45) is 14.1 Å². The van der Waals surface area contributed by atoms with Crippen LogP contribution in [0, 0.1) is 0 Å². The van der Waals surface area contributed by atoms with Gasteiger partial charge in [-0.15, -0.1) is 0 Å². The zero-order chi connectivity index (χ0) is 24.5. The molecule has 0 saturated carbocycles. The van der Waals surface area contributed by atoms with Gasteiger partial charge in [-0.3, -0.25) is 18.5 Å². The van der Waals surface area contributed by atoms with Crippen LogP contribution in [0.4, 0.5) is 0 Å². The summed E-state index contributed by atoms with van der Waals surface area (Å²) in [6, 6.07) is 27.0. The molecule has 2 aromatic heterocycles. The number of aromatic nitrogens is 4. The average Bonchev–Trinajstić information content (AvgIpc) is 3.22. The fourth-order valence-corrected chi connectivity index (χ4v) is 4.35. The highest BCUT2D eigenvalue weighted by atomic mass is 35.5. The molecule has 0 atom stereocenters. The van der Waals surface area contributed by atoms with Crippen LogP contribution in [-0.4, -0.2) is 18.7 Å². The van der Waals surface area contributed by atoms with Gasteiger partial charge in [0, 0.05) is 19.1 Å². The first-order valence-corrected chi connectivity index (χ1v) is 11.5. The molecule has 0 fully saturated rings. The number of ether oxygens (including phenoxy) is 1. The van der Waals surface area contributed by atoms with Crippen molar-refractivity contribution >= 4 is 22.8 Å². The van der Waals surface area contributed by atoms with E-state index in [-0.39, 0.29) is 23.7 Å². The molecule has 2 heterocycles. The van der Waals surface area contributed by atoms with Crippen molar-refractivity contribution in [3.63, 3.8) is 0 Å². The summed E-state index contributed by atoms with van der Waals surface area (Å²) in [4.78, 5) is 31.1. The van der Waals surface area contributed by atoms with E-state index in [2.05, 4.69) is 4.98 Å². The summed E-state index contributed by atoms with van der Waals surface area (Å²) in [6.45, 7) is 0.0547. The van der Waals surface area contributed by atoms with Gasteiger partial charge in [0.2, 0.25) is 0 Å². The Morgan fingerprint density at radius 3 is 2.00 bits per heavy atom. The Morgan fingerprint density at radius 1 is 0.829 bits per heavy atom. The van der Waals surface area contributed by atoms with E-state index in [0.717, 1.165) is 11.1 Å². The smallest absolute Gasteiger partial charge is 0.332 e. The van der Waals surface area contributed by atoms with Crippen LogP contribution in [-0.2, 0) is 20.6 Å². The first kappa shape index (κ1) is 22.7. The van der Waals surface area contributed by atoms with Crippen molar-refractivity contribution in [2.45, 2.75) is 12.6 Å². The zero-order valence-corrected chi connectivity index (χ0v) is 20.0. The van der Waals surface area contributed by atoms with Gasteiger partial charge in [0.15, 0.2) is 17.3 Å². The van der Waals surface area contributed by atoms with E-state index in [1.54, 1.807) is 36.9 Å². The number of aryl methyl sites for hydroxylation is 2. The Labute approximate surface area is 206 Å². The van der Waals surface area contributed by atoms with Gasteiger partial charge in [-0.1, -0.05) is 90.5 Å². The molecule has 8 heteroatoms. The largest absolute Gasteiger partial charge is 0.451 e. The van der Waals surface area contributed by atoms with Gasteiger partial charge in [-0.05, 0) is 22.8 Å². The average molecular weight is 487 g/mol. The van der Waals surface area contributed by atoms with Crippen LogP contribution in [0.1, 0.15) is 22.8 Å². The van der Waals surface area contributed by atoms with Crippen LogP contribution in [0.25, 0.3) is 11.2 Å². The highest BCUT2D eigenvalue weighted by Crippen LogP contribution is 2.29. The molecule has 0 radical (unpaired) electrons. The molecular formula is C27H23ClN4O3. The summed E-state index contributed by atoms with van der Waals surface area (Å²) in [5, 5.41) is 0.490. The maximum atomic E-state index is 13.5. The first-order valence-electron chi connectivity index (χ1n) is 11.1. The van der Waals surface area contributed by atoms with E-state index < -0.39 is 17.4 Å². The predicted molar refractivity (Wildman–Crippen MR) is 136 cm³/mol. The van der Waals surface area contributed by atoms with E-state index in [1.807, 2.05) is 66.7 Å². The van der Waals surface area contributed by atoms with Gasteiger partial charge < -0.3 is 4.74 Å². The number of fused-ring (bicyclic) bond motifs is 1. The third-order valence-corrected chi connectivity index (χ3v) is 6.40. The van der Waals surface area contributed by atoms with Crippen molar-refractivity contribution < 1.29 is 4.74 Å². The molecule has 0 aliphatic heterocycles. The second kappa shape index (κ2) is 9.27. The Kier molecular flexibility index (Phi) is 6.01. The van der Waals surface area contributed by atoms with Gasteiger partial charge in [-0.2, -0.15) is 4.98 Å². The molecule has 5 aromatic rings. The summed E-state index contributed by atoms with van der Waals surface area (Å²) >= 11 is 6.28. The molecule has 3 aromatic carbocycles. The number of hydrogen-bond acceptors (Lipinski definition) is 4. The summed E-state index contributed by atoms with van der Waals surface area (Å²) < 4.78 is 10.5. The lowest BCUT2D eigenvalue weighted by atomic mass is 10.0. The van der Waals surface area contributed by atoms with E-state index in [9.17, 15) is 9.59 Å². The molecule has 176 valence electrons. The summed E-state index contributed by atoms with van der Waals surface area (Å²) in [5.74, 6) is 0. The molecule has 0 aliphatic carbocycles. The van der Waals surface area contributed by atoms with E-state index in [1.165, 1.54) is 9.13 Å². The Balaban J connectivity index is 1.63. The lowest BCUT2D eigenvalue weighted by molar-refractivity contribution is 0.220. The van der Waals surface area contributed by atoms with Gasteiger partial charge in [0.1, 0.15) is 0 Å². The maximum absolute atomic E-state index is 13.5. The summed E-state index contributed by atoms with van der Waals surface area (Å²) in [6.07, 6.45) is -0.449. The normalized spacial score (nSPS) is 11.3. The molecule has 7 nitrogen and oxygen atoms in total. The monoisotopic (exact) mass is 486 g/mol. The van der Waals surface area contributed by atoms with Crippen LogP contribution in [0.15, 0.2) is 94.5 Å².